The minimum absolute atomic E-state index is 0.0797. The molecule has 1 heterocycles. The molecular formula is C22H29N3O2. The Labute approximate surface area is 161 Å². The van der Waals surface area contributed by atoms with Gasteiger partial charge < -0.3 is 10.1 Å². The molecule has 0 spiro atoms. The summed E-state index contributed by atoms with van der Waals surface area (Å²) in [7, 11) is 0. The van der Waals surface area contributed by atoms with Gasteiger partial charge in [0.15, 0.2) is 0 Å². The Hall–Kier alpha value is -2.43. The number of hydrogen-bond acceptors (Lipinski definition) is 5. The number of nitrogens with one attached hydrogen (secondary N) is 1. The highest BCUT2D eigenvalue weighted by atomic mass is 16.5. The van der Waals surface area contributed by atoms with E-state index in [2.05, 4.69) is 15.3 Å². The molecule has 0 radical (unpaired) electrons. The van der Waals surface area contributed by atoms with Crippen molar-refractivity contribution in [3.05, 3.63) is 53.3 Å². The number of nitrogens with zero attached hydrogens (tertiary/aromatic N) is 2. The van der Waals surface area contributed by atoms with Crippen LogP contribution in [0, 0.1) is 25.7 Å². The number of esters is 1. The van der Waals surface area contributed by atoms with E-state index in [1.54, 1.807) is 0 Å². The zero-order chi connectivity index (χ0) is 19.1. The van der Waals surface area contributed by atoms with Gasteiger partial charge in [-0.2, -0.15) is 0 Å². The summed E-state index contributed by atoms with van der Waals surface area (Å²) < 4.78 is 5.42. The van der Waals surface area contributed by atoms with Gasteiger partial charge in [0.1, 0.15) is 6.61 Å². The summed E-state index contributed by atoms with van der Waals surface area (Å²) in [4.78, 5) is 20.9. The van der Waals surface area contributed by atoms with Crippen molar-refractivity contribution >= 4 is 11.9 Å². The smallest absolute Gasteiger partial charge is 0.306 e. The number of rotatable bonds is 7. The van der Waals surface area contributed by atoms with Gasteiger partial charge in [-0.05, 0) is 62.5 Å². The molecule has 5 nitrogen and oxygen atoms in total. The number of carbonyl (C=O) groups is 1. The van der Waals surface area contributed by atoms with Crippen molar-refractivity contribution < 1.29 is 9.53 Å². The number of carbonyl (C=O) groups excluding carboxylic acids is 1. The molecule has 0 unspecified atom stereocenters. The predicted molar refractivity (Wildman–Crippen MR) is 106 cm³/mol. The topological polar surface area (TPSA) is 64.1 Å². The second kappa shape index (κ2) is 9.49. The Morgan fingerprint density at radius 3 is 2.52 bits per heavy atom. The molecule has 27 heavy (non-hydrogen) atoms. The van der Waals surface area contributed by atoms with Crippen molar-refractivity contribution in [3.63, 3.8) is 0 Å². The lowest BCUT2D eigenvalue weighted by Gasteiger charge is -2.28. The Kier molecular flexibility index (Phi) is 6.80. The van der Waals surface area contributed by atoms with Gasteiger partial charge in [-0.3, -0.25) is 4.79 Å². The van der Waals surface area contributed by atoms with Crippen LogP contribution in [-0.4, -0.2) is 22.5 Å². The number of aromatic nitrogens is 2. The van der Waals surface area contributed by atoms with Crippen molar-refractivity contribution in [3.8, 4) is 0 Å². The summed E-state index contributed by atoms with van der Waals surface area (Å²) in [5, 5.41) is 3.36. The van der Waals surface area contributed by atoms with Gasteiger partial charge >= 0.3 is 5.97 Å². The third-order valence-corrected chi connectivity index (χ3v) is 5.44. The van der Waals surface area contributed by atoms with Crippen molar-refractivity contribution in [2.75, 3.05) is 11.9 Å². The summed E-state index contributed by atoms with van der Waals surface area (Å²) in [6.07, 6.45) is 6.83. The normalized spacial score (nSPS) is 19.5. The second-order valence-electron chi connectivity index (χ2n) is 7.58. The summed E-state index contributed by atoms with van der Waals surface area (Å²) in [5.74, 6) is 1.70. The van der Waals surface area contributed by atoms with E-state index in [0.717, 1.165) is 49.0 Å². The molecule has 0 saturated heterocycles. The monoisotopic (exact) mass is 367 g/mol. The molecular weight excluding hydrogens is 338 g/mol. The number of benzene rings is 1. The zero-order valence-corrected chi connectivity index (χ0v) is 16.3. The lowest BCUT2D eigenvalue weighted by Crippen LogP contribution is -2.23. The fourth-order valence-electron chi connectivity index (χ4n) is 3.52. The molecule has 1 N–H and O–H groups in total. The Balaban J connectivity index is 1.34. The molecule has 0 bridgehead atoms. The number of hydrogen-bond donors (Lipinski definition) is 1. The van der Waals surface area contributed by atoms with E-state index < -0.39 is 0 Å². The van der Waals surface area contributed by atoms with E-state index in [0.29, 0.717) is 30.8 Å². The minimum Gasteiger partial charge on any atom is -0.461 e. The van der Waals surface area contributed by atoms with E-state index in [1.165, 1.54) is 0 Å². The fourth-order valence-corrected chi connectivity index (χ4v) is 3.52. The van der Waals surface area contributed by atoms with Crippen molar-refractivity contribution in [2.24, 2.45) is 11.8 Å². The molecule has 1 aromatic heterocycles. The molecule has 0 atom stereocenters. The van der Waals surface area contributed by atoms with Gasteiger partial charge in [-0.25, -0.2) is 9.97 Å². The van der Waals surface area contributed by atoms with Crippen LogP contribution in [0.1, 0.15) is 48.9 Å². The van der Waals surface area contributed by atoms with Gasteiger partial charge in [0.05, 0.1) is 0 Å². The Morgan fingerprint density at radius 1 is 1.11 bits per heavy atom. The molecule has 144 valence electrons. The molecule has 0 amide bonds. The maximum atomic E-state index is 12.1. The standard InChI is InChI=1S/C22H29N3O2/c1-16-13-23-22(25-17(16)2)24-14-19-10-8-18(9-11-19)12-21(26)27-15-20-6-4-3-5-7-20/h3-7,13,18-19H,8-12,14-15H2,1-2H3,(H,23,24,25). The molecule has 1 fully saturated rings. The third-order valence-electron chi connectivity index (χ3n) is 5.44. The zero-order valence-electron chi connectivity index (χ0n) is 16.3. The van der Waals surface area contributed by atoms with E-state index in [-0.39, 0.29) is 5.97 Å². The van der Waals surface area contributed by atoms with Crippen LogP contribution in [0.2, 0.25) is 0 Å². The number of anilines is 1. The maximum absolute atomic E-state index is 12.1. The van der Waals surface area contributed by atoms with Gasteiger partial charge in [0, 0.05) is 24.9 Å². The first-order valence-corrected chi connectivity index (χ1v) is 9.84. The highest BCUT2D eigenvalue weighted by molar-refractivity contribution is 5.69. The van der Waals surface area contributed by atoms with Crippen LogP contribution in [0.15, 0.2) is 36.5 Å². The lowest BCUT2D eigenvalue weighted by molar-refractivity contribution is -0.146. The van der Waals surface area contributed by atoms with Crippen molar-refractivity contribution in [1.29, 1.82) is 0 Å². The summed E-state index contributed by atoms with van der Waals surface area (Å²) >= 11 is 0. The number of ether oxygens (including phenoxy) is 1. The van der Waals surface area contributed by atoms with Crippen LogP contribution < -0.4 is 5.32 Å². The number of aryl methyl sites for hydroxylation is 2. The predicted octanol–water partition coefficient (Wildman–Crippen LogP) is 4.45. The maximum Gasteiger partial charge on any atom is 0.306 e. The van der Waals surface area contributed by atoms with E-state index in [9.17, 15) is 4.79 Å². The van der Waals surface area contributed by atoms with Crippen LogP contribution in [-0.2, 0) is 16.1 Å². The SMILES string of the molecule is Cc1cnc(NCC2CCC(CC(=O)OCc3ccccc3)CC2)nc1C. The van der Waals surface area contributed by atoms with Gasteiger partial charge in [0.2, 0.25) is 5.95 Å². The molecule has 1 aromatic carbocycles. The van der Waals surface area contributed by atoms with Crippen molar-refractivity contribution in [1.82, 2.24) is 9.97 Å². The summed E-state index contributed by atoms with van der Waals surface area (Å²) in [6, 6.07) is 9.84. The quantitative estimate of drug-likeness (QED) is 0.733. The molecule has 1 saturated carbocycles. The van der Waals surface area contributed by atoms with Crippen LogP contribution in [0.5, 0.6) is 0 Å². The molecule has 5 heteroatoms. The second-order valence-corrected chi connectivity index (χ2v) is 7.58. The van der Waals surface area contributed by atoms with Gasteiger partial charge in [-0.1, -0.05) is 30.3 Å². The first-order valence-electron chi connectivity index (χ1n) is 9.84. The first-order chi connectivity index (χ1) is 13.1. The lowest BCUT2D eigenvalue weighted by atomic mass is 9.80. The van der Waals surface area contributed by atoms with Crippen LogP contribution >= 0.6 is 0 Å². The van der Waals surface area contributed by atoms with Crippen LogP contribution in [0.4, 0.5) is 5.95 Å². The Bertz CT molecular complexity index is 740. The average molecular weight is 367 g/mol. The van der Waals surface area contributed by atoms with Crippen LogP contribution in [0.3, 0.4) is 0 Å². The molecule has 0 aliphatic heterocycles. The molecule has 2 aromatic rings. The van der Waals surface area contributed by atoms with Crippen LogP contribution in [0.25, 0.3) is 0 Å². The molecule has 1 aliphatic carbocycles. The summed E-state index contributed by atoms with van der Waals surface area (Å²) in [5.41, 5.74) is 3.17. The largest absolute Gasteiger partial charge is 0.461 e. The van der Waals surface area contributed by atoms with E-state index in [4.69, 9.17) is 4.74 Å². The van der Waals surface area contributed by atoms with E-state index in [1.807, 2.05) is 50.4 Å². The minimum atomic E-state index is -0.0797. The molecule has 1 aliphatic rings. The summed E-state index contributed by atoms with van der Waals surface area (Å²) in [6.45, 7) is 5.29. The third kappa shape index (κ3) is 6.05. The Morgan fingerprint density at radius 2 is 1.81 bits per heavy atom. The average Bonchev–Trinajstić information content (AvgIpc) is 2.69. The molecule has 3 rings (SSSR count). The van der Waals surface area contributed by atoms with E-state index >= 15 is 0 Å². The first kappa shape index (κ1) is 19.3. The van der Waals surface area contributed by atoms with Crippen molar-refractivity contribution in [2.45, 2.75) is 52.6 Å². The highest BCUT2D eigenvalue weighted by Gasteiger charge is 2.23. The van der Waals surface area contributed by atoms with Gasteiger partial charge in [0.25, 0.3) is 0 Å². The van der Waals surface area contributed by atoms with Gasteiger partial charge in [-0.15, -0.1) is 0 Å². The highest BCUT2D eigenvalue weighted by Crippen LogP contribution is 2.31. The fraction of sp³-hybridized carbons (Fsp3) is 0.500.